The van der Waals surface area contributed by atoms with Crippen LogP contribution >= 0.6 is 0 Å². The maximum atomic E-state index is 13.4. The van der Waals surface area contributed by atoms with Crippen molar-refractivity contribution in [3.05, 3.63) is 30.1 Å². The number of para-hydroxylation sites is 1. The lowest BCUT2D eigenvalue weighted by atomic mass is 10.0. The Labute approximate surface area is 123 Å². The van der Waals surface area contributed by atoms with Gasteiger partial charge in [-0.3, -0.25) is 15.0 Å². The van der Waals surface area contributed by atoms with E-state index in [1.54, 1.807) is 6.07 Å². The monoisotopic (exact) mass is 293 g/mol. The van der Waals surface area contributed by atoms with E-state index in [2.05, 4.69) is 22.5 Å². The largest absolute Gasteiger partial charge is 0.326 e. The fraction of sp³-hybridized carbons (Fsp3) is 0.467. The number of likely N-dealkylation sites (tertiary alicyclic amines) is 1. The average Bonchev–Trinajstić information content (AvgIpc) is 2.44. The number of rotatable bonds is 3. The second-order valence-electron chi connectivity index (χ2n) is 5.30. The lowest BCUT2D eigenvalue weighted by Crippen LogP contribution is -2.46. The molecule has 1 aromatic carbocycles. The Morgan fingerprint density at radius 1 is 1.33 bits per heavy atom. The number of imide groups is 1. The molecule has 1 saturated heterocycles. The molecular weight excluding hydrogens is 273 g/mol. The molecule has 1 unspecified atom stereocenters. The maximum absolute atomic E-state index is 13.4. The van der Waals surface area contributed by atoms with Crippen LogP contribution in [0.25, 0.3) is 0 Å². The lowest BCUT2D eigenvalue weighted by molar-refractivity contribution is -0.121. The van der Waals surface area contributed by atoms with E-state index in [9.17, 15) is 14.0 Å². The molecule has 3 amide bonds. The number of carbonyl (C=O) groups is 2. The van der Waals surface area contributed by atoms with E-state index in [-0.39, 0.29) is 18.1 Å². The molecule has 6 heteroatoms. The van der Waals surface area contributed by atoms with Gasteiger partial charge in [0.25, 0.3) is 0 Å². The van der Waals surface area contributed by atoms with Gasteiger partial charge >= 0.3 is 6.03 Å². The predicted octanol–water partition coefficient (Wildman–Crippen LogP) is 2.35. The summed E-state index contributed by atoms with van der Waals surface area (Å²) >= 11 is 0. The van der Waals surface area contributed by atoms with Crippen molar-refractivity contribution in [3.63, 3.8) is 0 Å². The fourth-order valence-electron chi connectivity index (χ4n) is 2.46. The van der Waals surface area contributed by atoms with Crippen molar-refractivity contribution in [2.45, 2.75) is 32.2 Å². The summed E-state index contributed by atoms with van der Waals surface area (Å²) < 4.78 is 13.4. The number of halogens is 1. The van der Waals surface area contributed by atoms with Crippen molar-refractivity contribution in [1.29, 1.82) is 0 Å². The highest BCUT2D eigenvalue weighted by Crippen LogP contribution is 2.15. The molecule has 0 spiro atoms. The molecule has 0 saturated carbocycles. The highest BCUT2D eigenvalue weighted by Gasteiger charge is 2.21. The van der Waals surface area contributed by atoms with Gasteiger partial charge in [0.05, 0.1) is 12.2 Å². The standard InChI is InChI=1S/C15H20FN3O2/c1-11-6-4-5-9-19(11)10-14(20)18-15(21)17-13-8-3-2-7-12(13)16/h2-3,7-8,11H,4-6,9-10H2,1H3,(H2,17,18,20,21). The van der Waals surface area contributed by atoms with Crippen molar-refractivity contribution >= 4 is 17.6 Å². The van der Waals surface area contributed by atoms with Gasteiger partial charge in [-0.1, -0.05) is 18.6 Å². The zero-order chi connectivity index (χ0) is 15.2. The van der Waals surface area contributed by atoms with Gasteiger partial charge in [-0.15, -0.1) is 0 Å². The molecule has 1 fully saturated rings. The zero-order valence-corrected chi connectivity index (χ0v) is 12.1. The summed E-state index contributed by atoms with van der Waals surface area (Å²) in [6.07, 6.45) is 3.31. The smallest absolute Gasteiger partial charge is 0.305 e. The second kappa shape index (κ2) is 7.17. The molecule has 1 atom stereocenters. The van der Waals surface area contributed by atoms with Crippen molar-refractivity contribution in [2.75, 3.05) is 18.4 Å². The first kappa shape index (κ1) is 15.4. The Morgan fingerprint density at radius 3 is 2.81 bits per heavy atom. The number of anilines is 1. The Kier molecular flexibility index (Phi) is 5.27. The predicted molar refractivity (Wildman–Crippen MR) is 78.4 cm³/mol. The summed E-state index contributed by atoms with van der Waals surface area (Å²) in [5.74, 6) is -0.914. The van der Waals surface area contributed by atoms with Crippen LogP contribution in [0.2, 0.25) is 0 Å². The third-order valence-electron chi connectivity index (χ3n) is 3.66. The van der Waals surface area contributed by atoms with Crippen LogP contribution < -0.4 is 10.6 Å². The van der Waals surface area contributed by atoms with Gasteiger partial charge < -0.3 is 5.32 Å². The third kappa shape index (κ3) is 4.53. The molecule has 1 aliphatic heterocycles. The minimum absolute atomic E-state index is 0.0501. The molecule has 2 rings (SSSR count). The van der Waals surface area contributed by atoms with Crippen LogP contribution in [0.1, 0.15) is 26.2 Å². The van der Waals surface area contributed by atoms with Gasteiger partial charge in [0.15, 0.2) is 0 Å². The average molecular weight is 293 g/mol. The van der Waals surface area contributed by atoms with Gasteiger partial charge in [0.1, 0.15) is 5.82 Å². The quantitative estimate of drug-likeness (QED) is 0.899. The van der Waals surface area contributed by atoms with Gasteiger partial charge in [0, 0.05) is 6.04 Å². The molecule has 5 nitrogen and oxygen atoms in total. The lowest BCUT2D eigenvalue weighted by Gasteiger charge is -2.32. The minimum Gasteiger partial charge on any atom is -0.305 e. The van der Waals surface area contributed by atoms with E-state index in [0.29, 0.717) is 6.04 Å². The number of benzene rings is 1. The van der Waals surface area contributed by atoms with Gasteiger partial charge in [-0.05, 0) is 38.4 Å². The molecule has 0 aliphatic carbocycles. The summed E-state index contributed by atoms with van der Waals surface area (Å²) in [5.41, 5.74) is 0.0501. The summed E-state index contributed by atoms with van der Waals surface area (Å²) in [4.78, 5) is 25.6. The summed E-state index contributed by atoms with van der Waals surface area (Å²) in [6, 6.07) is 5.45. The first-order valence-electron chi connectivity index (χ1n) is 7.15. The van der Waals surface area contributed by atoms with Gasteiger partial charge in [0.2, 0.25) is 5.91 Å². The highest BCUT2D eigenvalue weighted by atomic mass is 19.1. The van der Waals surface area contributed by atoms with Crippen LogP contribution in [-0.2, 0) is 4.79 Å². The molecule has 1 heterocycles. The molecule has 114 valence electrons. The zero-order valence-electron chi connectivity index (χ0n) is 12.1. The number of hydrogen-bond acceptors (Lipinski definition) is 3. The minimum atomic E-state index is -0.713. The van der Waals surface area contributed by atoms with Gasteiger partial charge in [-0.25, -0.2) is 9.18 Å². The summed E-state index contributed by atoms with van der Waals surface area (Å²) in [7, 11) is 0. The van der Waals surface area contributed by atoms with Gasteiger partial charge in [-0.2, -0.15) is 0 Å². The third-order valence-corrected chi connectivity index (χ3v) is 3.66. The number of carbonyl (C=O) groups excluding carboxylic acids is 2. The highest BCUT2D eigenvalue weighted by molar-refractivity contribution is 6.01. The number of nitrogens with one attached hydrogen (secondary N) is 2. The van der Waals surface area contributed by atoms with E-state index in [0.717, 1.165) is 19.4 Å². The number of urea groups is 1. The molecular formula is C15H20FN3O2. The Balaban J connectivity index is 1.82. The van der Waals surface area contributed by atoms with E-state index in [1.165, 1.54) is 24.6 Å². The number of piperidine rings is 1. The molecule has 1 aromatic rings. The van der Waals surface area contributed by atoms with E-state index >= 15 is 0 Å². The number of amides is 3. The van der Waals surface area contributed by atoms with Crippen molar-refractivity contribution < 1.29 is 14.0 Å². The van der Waals surface area contributed by atoms with Crippen LogP contribution in [0, 0.1) is 5.82 Å². The summed E-state index contributed by atoms with van der Waals surface area (Å²) in [5, 5.41) is 4.55. The number of hydrogen-bond donors (Lipinski definition) is 2. The van der Waals surface area contributed by atoms with E-state index < -0.39 is 11.8 Å². The summed E-state index contributed by atoms with van der Waals surface area (Å²) in [6.45, 7) is 3.13. The first-order valence-corrected chi connectivity index (χ1v) is 7.15. The Hall–Kier alpha value is -1.95. The van der Waals surface area contributed by atoms with Crippen molar-refractivity contribution in [1.82, 2.24) is 10.2 Å². The normalized spacial score (nSPS) is 19.0. The first-order chi connectivity index (χ1) is 10.1. The van der Waals surface area contributed by atoms with Crippen LogP contribution in [0.5, 0.6) is 0 Å². The van der Waals surface area contributed by atoms with Crippen molar-refractivity contribution in [3.8, 4) is 0 Å². The van der Waals surface area contributed by atoms with Crippen molar-refractivity contribution in [2.24, 2.45) is 0 Å². The molecule has 1 aliphatic rings. The van der Waals surface area contributed by atoms with E-state index in [1.807, 2.05) is 0 Å². The van der Waals surface area contributed by atoms with Crippen LogP contribution in [0.15, 0.2) is 24.3 Å². The molecule has 0 bridgehead atoms. The molecule has 0 radical (unpaired) electrons. The Bertz CT molecular complexity index is 521. The topological polar surface area (TPSA) is 61.4 Å². The molecule has 0 aromatic heterocycles. The Morgan fingerprint density at radius 2 is 2.10 bits per heavy atom. The molecule has 21 heavy (non-hydrogen) atoms. The van der Waals surface area contributed by atoms with Crippen LogP contribution in [0.3, 0.4) is 0 Å². The second-order valence-corrected chi connectivity index (χ2v) is 5.30. The molecule has 2 N–H and O–H groups in total. The van der Waals surface area contributed by atoms with E-state index in [4.69, 9.17) is 0 Å². The van der Waals surface area contributed by atoms with Crippen LogP contribution in [0.4, 0.5) is 14.9 Å². The maximum Gasteiger partial charge on any atom is 0.326 e. The fourth-order valence-corrected chi connectivity index (χ4v) is 2.46. The van der Waals surface area contributed by atoms with Crippen LogP contribution in [-0.4, -0.2) is 36.0 Å². The number of nitrogens with zero attached hydrogens (tertiary/aromatic N) is 1. The SMILES string of the molecule is CC1CCCCN1CC(=O)NC(=O)Nc1ccccc1F.